The maximum Gasteiger partial charge on any atom is 0.413 e. The summed E-state index contributed by atoms with van der Waals surface area (Å²) in [6, 6.07) is 19.4. The molecule has 0 aliphatic carbocycles. The van der Waals surface area contributed by atoms with Crippen LogP contribution in [0, 0.1) is 55.8 Å². The third-order valence-electron chi connectivity index (χ3n) is 5.89. The van der Waals surface area contributed by atoms with Crippen molar-refractivity contribution in [3.05, 3.63) is 105 Å². The normalized spacial score (nSPS) is 12.4. The third kappa shape index (κ3) is 5.64. The zero-order chi connectivity index (χ0) is 25.7. The molecule has 0 radical (unpaired) electrons. The fourth-order valence-corrected chi connectivity index (χ4v) is 4.06. The molecule has 176 valence electrons. The molecule has 1 amide bonds. The van der Waals surface area contributed by atoms with Crippen molar-refractivity contribution in [1.82, 2.24) is 4.90 Å². The summed E-state index contributed by atoms with van der Waals surface area (Å²) in [6.07, 6.45) is -0.253. The standard InChI is InChI=1S/C31H25N3O2/c1-21-15-24(5-8-27-10-7-26(20-32)17-22(27)2)19-25(16-21)6-9-28-11-12-29(18-23(28)3)30-33-13-4-14-34(30)31(35)36/h7,10-12,15-19H,4,13-14H2,1-3H3,(H,35,36). The van der Waals surface area contributed by atoms with E-state index < -0.39 is 6.09 Å². The van der Waals surface area contributed by atoms with Gasteiger partial charge in [-0.25, -0.2) is 4.79 Å². The number of benzene rings is 3. The number of nitriles is 1. The lowest BCUT2D eigenvalue weighted by molar-refractivity contribution is 0.167. The van der Waals surface area contributed by atoms with Gasteiger partial charge in [-0.2, -0.15) is 5.26 Å². The highest BCUT2D eigenvalue weighted by molar-refractivity contribution is 6.06. The Hall–Kier alpha value is -4.79. The van der Waals surface area contributed by atoms with Crippen LogP contribution in [0.25, 0.3) is 0 Å². The predicted molar refractivity (Wildman–Crippen MR) is 141 cm³/mol. The van der Waals surface area contributed by atoms with Gasteiger partial charge in [0, 0.05) is 40.9 Å². The molecule has 0 spiro atoms. The van der Waals surface area contributed by atoms with Crippen LogP contribution in [0.5, 0.6) is 0 Å². The Morgan fingerprint density at radius 1 is 0.861 bits per heavy atom. The van der Waals surface area contributed by atoms with E-state index in [1.165, 1.54) is 4.90 Å². The predicted octanol–water partition coefficient (Wildman–Crippen LogP) is 5.41. The Bertz CT molecular complexity index is 1550. The molecule has 3 aromatic rings. The fraction of sp³-hybridized carbons (Fsp3) is 0.194. The van der Waals surface area contributed by atoms with Gasteiger partial charge in [0.15, 0.2) is 0 Å². The average Bonchev–Trinajstić information content (AvgIpc) is 2.87. The quantitative estimate of drug-likeness (QED) is 0.482. The smallest absolute Gasteiger partial charge is 0.413 e. The summed E-state index contributed by atoms with van der Waals surface area (Å²) >= 11 is 0. The number of aryl methyl sites for hydroxylation is 3. The lowest BCUT2D eigenvalue weighted by Gasteiger charge is -2.25. The van der Waals surface area contributed by atoms with Gasteiger partial charge in [0.2, 0.25) is 0 Å². The molecule has 0 fully saturated rings. The monoisotopic (exact) mass is 471 g/mol. The van der Waals surface area contributed by atoms with Crippen LogP contribution in [0.2, 0.25) is 0 Å². The molecule has 1 aliphatic rings. The SMILES string of the molecule is Cc1cc(C#Cc2ccc(C#N)cc2C)cc(C#Cc2ccc(C3=NCCCN3C(=O)O)cc2C)c1. The second kappa shape index (κ2) is 10.6. The summed E-state index contributed by atoms with van der Waals surface area (Å²) in [4.78, 5) is 17.3. The molecule has 1 aliphatic heterocycles. The largest absolute Gasteiger partial charge is 0.465 e. The van der Waals surface area contributed by atoms with Crippen molar-refractivity contribution >= 4 is 11.9 Å². The molecular formula is C31H25N3O2. The molecule has 36 heavy (non-hydrogen) atoms. The summed E-state index contributed by atoms with van der Waals surface area (Å²) in [5.74, 6) is 13.4. The second-order valence-electron chi connectivity index (χ2n) is 8.75. The molecule has 0 saturated heterocycles. The van der Waals surface area contributed by atoms with Crippen molar-refractivity contribution in [3.8, 4) is 29.8 Å². The second-order valence-corrected chi connectivity index (χ2v) is 8.75. The summed E-state index contributed by atoms with van der Waals surface area (Å²) in [5.41, 5.74) is 7.92. The minimum absolute atomic E-state index is 0.456. The fourth-order valence-electron chi connectivity index (χ4n) is 4.06. The lowest BCUT2D eigenvalue weighted by Crippen LogP contribution is -2.40. The zero-order valence-electron chi connectivity index (χ0n) is 20.5. The van der Waals surface area contributed by atoms with Crippen molar-refractivity contribution in [1.29, 1.82) is 5.26 Å². The van der Waals surface area contributed by atoms with Crippen molar-refractivity contribution in [3.63, 3.8) is 0 Å². The topological polar surface area (TPSA) is 76.7 Å². The highest BCUT2D eigenvalue weighted by Crippen LogP contribution is 2.17. The maximum absolute atomic E-state index is 11.6. The number of carboxylic acid groups (broad SMARTS) is 1. The van der Waals surface area contributed by atoms with Gasteiger partial charge in [-0.05, 0) is 92.4 Å². The first-order valence-corrected chi connectivity index (χ1v) is 11.7. The van der Waals surface area contributed by atoms with Crippen LogP contribution in [0.1, 0.15) is 56.5 Å². The van der Waals surface area contributed by atoms with Crippen LogP contribution in [-0.4, -0.2) is 35.0 Å². The van der Waals surface area contributed by atoms with E-state index >= 15 is 0 Å². The molecule has 0 atom stereocenters. The van der Waals surface area contributed by atoms with E-state index in [-0.39, 0.29) is 0 Å². The van der Waals surface area contributed by atoms with Crippen molar-refractivity contribution in [2.24, 2.45) is 4.99 Å². The first-order chi connectivity index (χ1) is 17.3. The molecule has 0 aromatic heterocycles. The van der Waals surface area contributed by atoms with Crippen LogP contribution in [0.3, 0.4) is 0 Å². The number of hydrogen-bond acceptors (Lipinski definition) is 3. The van der Waals surface area contributed by atoms with Crippen LogP contribution < -0.4 is 0 Å². The average molecular weight is 472 g/mol. The van der Waals surface area contributed by atoms with E-state index in [1.54, 1.807) is 6.07 Å². The minimum Gasteiger partial charge on any atom is -0.465 e. The van der Waals surface area contributed by atoms with E-state index in [4.69, 9.17) is 5.26 Å². The van der Waals surface area contributed by atoms with E-state index in [0.29, 0.717) is 24.5 Å². The van der Waals surface area contributed by atoms with E-state index in [1.807, 2.05) is 69.3 Å². The number of amides is 1. The lowest BCUT2D eigenvalue weighted by atomic mass is 10.0. The van der Waals surface area contributed by atoms with Gasteiger partial charge in [-0.15, -0.1) is 0 Å². The molecule has 0 bridgehead atoms. The van der Waals surface area contributed by atoms with Crippen molar-refractivity contribution in [2.45, 2.75) is 27.2 Å². The number of aliphatic imine (C=N–C) groups is 1. The molecule has 5 heteroatoms. The van der Waals surface area contributed by atoms with E-state index in [2.05, 4.69) is 34.7 Å². The molecule has 5 nitrogen and oxygen atoms in total. The molecule has 0 saturated carbocycles. The molecule has 0 unspecified atom stereocenters. The Morgan fingerprint density at radius 3 is 2.08 bits per heavy atom. The number of amidine groups is 1. The Kier molecular flexibility index (Phi) is 7.20. The summed E-state index contributed by atoms with van der Waals surface area (Å²) in [6.45, 7) is 7.02. The van der Waals surface area contributed by atoms with Crippen LogP contribution in [-0.2, 0) is 0 Å². The highest BCUT2D eigenvalue weighted by atomic mass is 16.4. The first kappa shape index (κ1) is 24.3. The first-order valence-electron chi connectivity index (χ1n) is 11.7. The molecular weight excluding hydrogens is 446 g/mol. The highest BCUT2D eigenvalue weighted by Gasteiger charge is 2.22. The Balaban J connectivity index is 1.59. The van der Waals surface area contributed by atoms with Crippen molar-refractivity contribution < 1.29 is 9.90 Å². The maximum atomic E-state index is 11.6. The summed E-state index contributed by atoms with van der Waals surface area (Å²) in [5, 5.41) is 18.5. The zero-order valence-corrected chi connectivity index (χ0v) is 20.5. The van der Waals surface area contributed by atoms with Crippen LogP contribution >= 0.6 is 0 Å². The van der Waals surface area contributed by atoms with E-state index in [9.17, 15) is 9.90 Å². The van der Waals surface area contributed by atoms with E-state index in [0.717, 1.165) is 50.9 Å². The number of hydrogen-bond donors (Lipinski definition) is 1. The van der Waals surface area contributed by atoms with Gasteiger partial charge < -0.3 is 5.11 Å². The van der Waals surface area contributed by atoms with Gasteiger partial charge in [0.05, 0.1) is 11.6 Å². The number of nitrogens with zero attached hydrogens (tertiary/aromatic N) is 3. The number of carbonyl (C=O) groups is 1. The Morgan fingerprint density at radius 2 is 1.50 bits per heavy atom. The molecule has 1 heterocycles. The third-order valence-corrected chi connectivity index (χ3v) is 5.89. The summed E-state index contributed by atoms with van der Waals surface area (Å²) < 4.78 is 0. The molecule has 3 aromatic carbocycles. The van der Waals surface area contributed by atoms with Gasteiger partial charge >= 0.3 is 6.09 Å². The van der Waals surface area contributed by atoms with Gasteiger partial charge in [0.1, 0.15) is 5.84 Å². The van der Waals surface area contributed by atoms with Crippen LogP contribution in [0.4, 0.5) is 4.79 Å². The van der Waals surface area contributed by atoms with Gasteiger partial charge in [0.25, 0.3) is 0 Å². The number of rotatable bonds is 1. The van der Waals surface area contributed by atoms with Gasteiger partial charge in [-0.3, -0.25) is 9.89 Å². The van der Waals surface area contributed by atoms with Crippen molar-refractivity contribution in [2.75, 3.05) is 13.1 Å². The molecule has 1 N–H and O–H groups in total. The minimum atomic E-state index is -0.984. The molecule has 4 rings (SSSR count). The summed E-state index contributed by atoms with van der Waals surface area (Å²) in [7, 11) is 0. The van der Waals surface area contributed by atoms with Crippen LogP contribution in [0.15, 0.2) is 59.6 Å². The Labute approximate surface area is 211 Å². The van der Waals surface area contributed by atoms with Gasteiger partial charge in [-0.1, -0.05) is 29.7 Å².